The molecule has 0 saturated carbocycles. The normalized spacial score (nSPS) is 13.1. The third-order valence-electron chi connectivity index (χ3n) is 2.65. The van der Waals surface area contributed by atoms with Gasteiger partial charge in [-0.15, -0.1) is 0 Å². The van der Waals surface area contributed by atoms with E-state index in [0.29, 0.717) is 11.3 Å². The summed E-state index contributed by atoms with van der Waals surface area (Å²) in [5.41, 5.74) is -0.748. The molecule has 0 aromatic heterocycles. The van der Waals surface area contributed by atoms with Crippen molar-refractivity contribution in [1.82, 2.24) is 5.32 Å². The summed E-state index contributed by atoms with van der Waals surface area (Å²) in [5.74, 6) is -0.899. The lowest BCUT2D eigenvalue weighted by atomic mass is 10.0. The number of hydrogen-bond donors (Lipinski definition) is 1. The van der Waals surface area contributed by atoms with Crippen LogP contribution in [0.15, 0.2) is 24.3 Å². The lowest BCUT2D eigenvalue weighted by Gasteiger charge is -2.28. The van der Waals surface area contributed by atoms with E-state index >= 15 is 0 Å². The van der Waals surface area contributed by atoms with E-state index in [-0.39, 0.29) is 12.3 Å². The van der Waals surface area contributed by atoms with Crippen LogP contribution in [0.5, 0.6) is 5.75 Å². The summed E-state index contributed by atoms with van der Waals surface area (Å²) in [7, 11) is 0. The first-order chi connectivity index (χ1) is 10.2. The molecule has 0 fully saturated rings. The molecule has 0 amide bonds. The van der Waals surface area contributed by atoms with Crippen molar-refractivity contribution >= 4 is 17.7 Å². The average molecular weight is 309 g/mol. The van der Waals surface area contributed by atoms with Crippen LogP contribution in [0.1, 0.15) is 33.3 Å². The standard InChI is InChI=1S/C15H19NO6/c1-10(17)9-16-15(4,22-21-12(3)19)13-6-5-7-14(8-13)20-11(2)18/h5-8,16H,9H2,1-4H3. The minimum absolute atomic E-state index is 0.00948. The largest absolute Gasteiger partial charge is 0.427 e. The second-order valence-corrected chi connectivity index (χ2v) is 4.87. The van der Waals surface area contributed by atoms with Gasteiger partial charge < -0.3 is 4.74 Å². The Morgan fingerprint density at radius 3 is 2.36 bits per heavy atom. The van der Waals surface area contributed by atoms with Gasteiger partial charge in [-0.3, -0.25) is 19.8 Å². The Hall–Kier alpha value is -2.25. The Morgan fingerprint density at radius 2 is 1.82 bits per heavy atom. The van der Waals surface area contributed by atoms with Crippen molar-refractivity contribution in [2.45, 2.75) is 33.4 Å². The molecule has 1 rings (SSSR count). The minimum atomic E-state index is -1.27. The van der Waals surface area contributed by atoms with E-state index in [1.165, 1.54) is 20.8 Å². The van der Waals surface area contributed by atoms with Crippen LogP contribution in [0.4, 0.5) is 0 Å². The molecule has 0 heterocycles. The van der Waals surface area contributed by atoms with Gasteiger partial charge in [0, 0.05) is 19.4 Å². The molecule has 0 aliphatic heterocycles. The van der Waals surface area contributed by atoms with E-state index in [9.17, 15) is 14.4 Å². The maximum atomic E-state index is 11.2. The maximum Gasteiger partial charge on any atom is 0.339 e. The van der Waals surface area contributed by atoms with Crippen LogP contribution in [0.3, 0.4) is 0 Å². The molecule has 7 heteroatoms. The van der Waals surface area contributed by atoms with Crippen molar-refractivity contribution in [1.29, 1.82) is 0 Å². The maximum absolute atomic E-state index is 11.2. The number of nitrogens with one attached hydrogen (secondary N) is 1. The average Bonchev–Trinajstić information content (AvgIpc) is 2.42. The Labute approximate surface area is 128 Å². The quantitative estimate of drug-likeness (QED) is 0.268. The van der Waals surface area contributed by atoms with Gasteiger partial charge in [0.25, 0.3) is 0 Å². The van der Waals surface area contributed by atoms with Gasteiger partial charge in [-0.1, -0.05) is 12.1 Å². The van der Waals surface area contributed by atoms with Crippen LogP contribution in [0.25, 0.3) is 0 Å². The highest BCUT2D eigenvalue weighted by molar-refractivity contribution is 5.77. The first-order valence-electron chi connectivity index (χ1n) is 6.62. The molecule has 120 valence electrons. The number of benzene rings is 1. The highest BCUT2D eigenvalue weighted by Crippen LogP contribution is 2.26. The molecule has 0 bridgehead atoms. The van der Waals surface area contributed by atoms with Crippen LogP contribution < -0.4 is 10.1 Å². The second-order valence-electron chi connectivity index (χ2n) is 4.87. The third kappa shape index (κ3) is 5.63. The first kappa shape index (κ1) is 17.8. The van der Waals surface area contributed by atoms with Crippen LogP contribution in [-0.2, 0) is 29.9 Å². The predicted octanol–water partition coefficient (Wildman–Crippen LogP) is 1.46. The molecule has 1 N–H and O–H groups in total. The molecule has 22 heavy (non-hydrogen) atoms. The molecule has 7 nitrogen and oxygen atoms in total. The number of Topliss-reactive ketones (excluding diaryl/α,β-unsaturated/α-hetero) is 1. The van der Waals surface area contributed by atoms with Gasteiger partial charge in [-0.05, 0) is 26.0 Å². The lowest BCUT2D eigenvalue weighted by Crippen LogP contribution is -2.44. The van der Waals surface area contributed by atoms with Gasteiger partial charge in [-0.25, -0.2) is 4.79 Å². The van der Waals surface area contributed by atoms with Crippen molar-refractivity contribution in [3.05, 3.63) is 29.8 Å². The molecule has 0 aliphatic rings. The summed E-state index contributed by atoms with van der Waals surface area (Å²) in [6.07, 6.45) is 0. The molecular weight excluding hydrogens is 290 g/mol. The number of carbonyl (C=O) groups is 3. The van der Waals surface area contributed by atoms with Crippen molar-refractivity contribution in [2.24, 2.45) is 0 Å². The van der Waals surface area contributed by atoms with E-state index in [1.807, 2.05) is 0 Å². The zero-order valence-electron chi connectivity index (χ0n) is 13.0. The smallest absolute Gasteiger partial charge is 0.339 e. The van der Waals surface area contributed by atoms with E-state index in [2.05, 4.69) is 10.2 Å². The fourth-order valence-electron chi connectivity index (χ4n) is 1.64. The van der Waals surface area contributed by atoms with E-state index in [1.54, 1.807) is 31.2 Å². The number of ketones is 1. The van der Waals surface area contributed by atoms with Gasteiger partial charge in [0.1, 0.15) is 11.5 Å². The Morgan fingerprint density at radius 1 is 1.14 bits per heavy atom. The summed E-state index contributed by atoms with van der Waals surface area (Å²) < 4.78 is 5.00. The van der Waals surface area contributed by atoms with E-state index in [0.717, 1.165) is 0 Å². The summed E-state index contributed by atoms with van der Waals surface area (Å²) in [6, 6.07) is 6.49. The zero-order valence-corrected chi connectivity index (χ0v) is 13.0. The molecule has 1 atom stereocenters. The fourth-order valence-corrected chi connectivity index (χ4v) is 1.64. The molecule has 1 aromatic carbocycles. The molecule has 1 aromatic rings. The minimum Gasteiger partial charge on any atom is -0.427 e. The van der Waals surface area contributed by atoms with Gasteiger partial charge in [-0.2, -0.15) is 4.89 Å². The fraction of sp³-hybridized carbons (Fsp3) is 0.400. The van der Waals surface area contributed by atoms with Gasteiger partial charge in [0.2, 0.25) is 0 Å². The van der Waals surface area contributed by atoms with Crippen LogP contribution in [0.2, 0.25) is 0 Å². The van der Waals surface area contributed by atoms with Crippen molar-refractivity contribution < 1.29 is 28.9 Å². The van der Waals surface area contributed by atoms with Crippen LogP contribution in [-0.4, -0.2) is 24.3 Å². The summed E-state index contributed by atoms with van der Waals surface area (Å²) in [4.78, 5) is 42.9. The molecule has 0 radical (unpaired) electrons. The second kappa shape index (κ2) is 7.67. The Bertz CT molecular complexity index is 551. The van der Waals surface area contributed by atoms with Crippen molar-refractivity contribution in [2.75, 3.05) is 6.54 Å². The first-order valence-corrected chi connectivity index (χ1v) is 6.62. The molecule has 1 unspecified atom stereocenters. The zero-order chi connectivity index (χ0) is 16.8. The number of ether oxygens (including phenoxy) is 1. The number of carbonyl (C=O) groups excluding carboxylic acids is 3. The number of hydrogen-bond acceptors (Lipinski definition) is 7. The van der Waals surface area contributed by atoms with Crippen LogP contribution in [0, 0.1) is 0 Å². The Kier molecular flexibility index (Phi) is 6.21. The van der Waals surface area contributed by atoms with E-state index < -0.39 is 17.7 Å². The summed E-state index contributed by atoms with van der Waals surface area (Å²) in [5, 5.41) is 2.86. The third-order valence-corrected chi connectivity index (χ3v) is 2.65. The monoisotopic (exact) mass is 309 g/mol. The van der Waals surface area contributed by atoms with Crippen molar-refractivity contribution in [3.8, 4) is 5.75 Å². The number of esters is 1. The molecular formula is C15H19NO6. The van der Waals surface area contributed by atoms with Gasteiger partial charge in [0.05, 0.1) is 6.54 Å². The molecule has 0 spiro atoms. The van der Waals surface area contributed by atoms with Gasteiger partial charge >= 0.3 is 11.9 Å². The molecule has 0 aliphatic carbocycles. The highest BCUT2D eigenvalue weighted by Gasteiger charge is 2.31. The predicted molar refractivity (Wildman–Crippen MR) is 76.6 cm³/mol. The van der Waals surface area contributed by atoms with Crippen molar-refractivity contribution in [3.63, 3.8) is 0 Å². The van der Waals surface area contributed by atoms with Crippen LogP contribution >= 0.6 is 0 Å². The number of rotatable bonds is 7. The highest BCUT2D eigenvalue weighted by atomic mass is 17.2. The lowest BCUT2D eigenvalue weighted by molar-refractivity contribution is -0.340. The SMILES string of the molecule is CC(=O)CNC(C)(OOC(C)=O)c1cccc(OC(C)=O)c1. The molecule has 0 saturated heterocycles. The Balaban J connectivity index is 3.05. The van der Waals surface area contributed by atoms with E-state index in [4.69, 9.17) is 9.62 Å². The summed E-state index contributed by atoms with van der Waals surface area (Å²) >= 11 is 0. The van der Waals surface area contributed by atoms with Gasteiger partial charge in [0.15, 0.2) is 5.72 Å². The topological polar surface area (TPSA) is 90.9 Å². The summed E-state index contributed by atoms with van der Waals surface area (Å²) in [6.45, 7) is 5.49.